The van der Waals surface area contributed by atoms with Gasteiger partial charge in [0.25, 0.3) is 0 Å². The van der Waals surface area contributed by atoms with Crippen molar-refractivity contribution >= 4 is 5.97 Å². The molecule has 0 aliphatic carbocycles. The number of carbonyl (C=O) groups is 1. The van der Waals surface area contributed by atoms with Crippen LogP contribution in [0.2, 0.25) is 0 Å². The minimum atomic E-state index is -0.704. The van der Waals surface area contributed by atoms with Gasteiger partial charge in [0.2, 0.25) is 5.88 Å². The summed E-state index contributed by atoms with van der Waals surface area (Å²) in [5, 5.41) is 0. The van der Waals surface area contributed by atoms with Crippen LogP contribution in [0.4, 0.5) is 0 Å². The van der Waals surface area contributed by atoms with Crippen LogP contribution in [0, 0.1) is 6.92 Å². The Labute approximate surface area is 132 Å². The highest BCUT2D eigenvalue weighted by Gasteiger charge is 2.38. The van der Waals surface area contributed by atoms with Crippen LogP contribution < -0.4 is 16.1 Å². The number of hydrogen-bond acceptors (Lipinski definition) is 6. The molecule has 118 valence electrons. The molecule has 3 rings (SSSR count). The summed E-state index contributed by atoms with van der Waals surface area (Å²) >= 11 is 0. The van der Waals surface area contributed by atoms with Gasteiger partial charge in [-0.05, 0) is 12.5 Å². The molecule has 2 N–H and O–H groups in total. The SMILES string of the molecule is COC(=O)C1=C(N)Oc2cc(C)oc(=O)c2[C@@H]1c1ccccc1. The van der Waals surface area contributed by atoms with Crippen molar-refractivity contribution in [1.82, 2.24) is 0 Å². The highest BCUT2D eigenvalue weighted by atomic mass is 16.5. The van der Waals surface area contributed by atoms with Crippen LogP contribution in [0.1, 0.15) is 22.8 Å². The first-order valence-electron chi connectivity index (χ1n) is 6.98. The smallest absolute Gasteiger partial charge is 0.343 e. The summed E-state index contributed by atoms with van der Waals surface area (Å²) in [6.07, 6.45) is 0. The van der Waals surface area contributed by atoms with Crippen molar-refractivity contribution in [3.63, 3.8) is 0 Å². The third-order valence-corrected chi connectivity index (χ3v) is 3.67. The lowest BCUT2D eigenvalue weighted by atomic mass is 9.84. The molecule has 1 aliphatic heterocycles. The number of aryl methyl sites for hydroxylation is 1. The monoisotopic (exact) mass is 313 g/mol. The molecule has 0 fully saturated rings. The van der Waals surface area contributed by atoms with Crippen LogP contribution in [-0.2, 0) is 9.53 Å². The van der Waals surface area contributed by atoms with Gasteiger partial charge in [-0.3, -0.25) is 0 Å². The maximum Gasteiger partial charge on any atom is 0.343 e. The van der Waals surface area contributed by atoms with E-state index in [0.29, 0.717) is 5.76 Å². The summed E-state index contributed by atoms with van der Waals surface area (Å²) in [7, 11) is 1.25. The molecule has 2 heterocycles. The minimum absolute atomic E-state index is 0.0804. The zero-order valence-electron chi connectivity index (χ0n) is 12.7. The maximum absolute atomic E-state index is 12.4. The van der Waals surface area contributed by atoms with Gasteiger partial charge in [0.15, 0.2) is 0 Å². The molecule has 0 saturated carbocycles. The first kappa shape index (κ1) is 14.9. The Morgan fingerprint density at radius 1 is 1.26 bits per heavy atom. The Morgan fingerprint density at radius 3 is 2.61 bits per heavy atom. The molecule has 6 nitrogen and oxygen atoms in total. The Kier molecular flexibility index (Phi) is 3.65. The number of benzene rings is 1. The van der Waals surface area contributed by atoms with E-state index in [9.17, 15) is 9.59 Å². The number of esters is 1. The van der Waals surface area contributed by atoms with Crippen LogP contribution in [-0.4, -0.2) is 13.1 Å². The zero-order valence-corrected chi connectivity index (χ0v) is 12.7. The fourth-order valence-electron chi connectivity index (χ4n) is 2.71. The van der Waals surface area contributed by atoms with Crippen molar-refractivity contribution in [2.45, 2.75) is 12.8 Å². The van der Waals surface area contributed by atoms with E-state index in [1.54, 1.807) is 25.1 Å². The second-order valence-corrected chi connectivity index (χ2v) is 5.14. The van der Waals surface area contributed by atoms with Gasteiger partial charge in [-0.15, -0.1) is 0 Å². The summed E-state index contributed by atoms with van der Waals surface area (Å²) < 4.78 is 15.5. The van der Waals surface area contributed by atoms with Gasteiger partial charge in [-0.25, -0.2) is 9.59 Å². The van der Waals surface area contributed by atoms with Crippen molar-refractivity contribution in [2.24, 2.45) is 5.73 Å². The Bertz CT molecular complexity index is 851. The second-order valence-electron chi connectivity index (χ2n) is 5.14. The minimum Gasteiger partial charge on any atom is -0.465 e. The summed E-state index contributed by atoms with van der Waals surface area (Å²) in [6, 6.07) is 10.6. The zero-order chi connectivity index (χ0) is 16.6. The Hall–Kier alpha value is -3.02. The van der Waals surface area contributed by atoms with Crippen molar-refractivity contribution in [3.05, 3.63) is 75.2 Å². The summed E-state index contributed by atoms with van der Waals surface area (Å²) in [4.78, 5) is 24.5. The van der Waals surface area contributed by atoms with E-state index in [4.69, 9.17) is 19.6 Å². The number of methoxy groups -OCH3 is 1. The molecule has 6 heteroatoms. The number of carbonyl (C=O) groups excluding carboxylic acids is 1. The summed E-state index contributed by atoms with van der Waals surface area (Å²) in [5.74, 6) is -0.748. The molecule has 1 aromatic carbocycles. The van der Waals surface area contributed by atoms with E-state index in [1.165, 1.54) is 7.11 Å². The van der Waals surface area contributed by atoms with Crippen LogP contribution in [0.5, 0.6) is 5.75 Å². The van der Waals surface area contributed by atoms with E-state index in [1.807, 2.05) is 18.2 Å². The maximum atomic E-state index is 12.4. The number of fused-ring (bicyclic) bond motifs is 1. The van der Waals surface area contributed by atoms with E-state index in [-0.39, 0.29) is 22.8 Å². The third-order valence-electron chi connectivity index (χ3n) is 3.67. The predicted octanol–water partition coefficient (Wildman–Crippen LogP) is 1.82. The first-order chi connectivity index (χ1) is 11.0. The first-order valence-corrected chi connectivity index (χ1v) is 6.98. The average molecular weight is 313 g/mol. The summed E-state index contributed by atoms with van der Waals surface area (Å²) in [5.41, 5.74) is 6.39. The molecule has 23 heavy (non-hydrogen) atoms. The van der Waals surface area contributed by atoms with Crippen LogP contribution in [0.3, 0.4) is 0 Å². The van der Waals surface area contributed by atoms with Crippen molar-refractivity contribution < 1.29 is 18.7 Å². The number of ether oxygens (including phenoxy) is 2. The second kappa shape index (κ2) is 5.64. The lowest BCUT2D eigenvalue weighted by Crippen LogP contribution is -2.30. The van der Waals surface area contributed by atoms with Crippen molar-refractivity contribution in [1.29, 1.82) is 0 Å². The van der Waals surface area contributed by atoms with Gasteiger partial charge in [0.05, 0.1) is 18.6 Å². The Morgan fingerprint density at radius 2 is 1.96 bits per heavy atom. The van der Waals surface area contributed by atoms with Crippen molar-refractivity contribution in [2.75, 3.05) is 7.11 Å². The molecule has 1 atom stereocenters. The average Bonchev–Trinajstić information content (AvgIpc) is 2.53. The molecule has 0 bridgehead atoms. The molecule has 0 saturated heterocycles. The molecular weight excluding hydrogens is 298 g/mol. The molecule has 0 unspecified atom stereocenters. The standard InChI is InChI=1S/C17H15NO5/c1-9-8-11-13(17(20)22-9)12(10-6-4-3-5-7-10)14(15(18)23-11)16(19)21-2/h3-8,12H,18H2,1-2H3/t12-/m0/s1. The molecular formula is C17H15NO5. The van der Waals surface area contributed by atoms with Crippen LogP contribution in [0.15, 0.2) is 57.1 Å². The normalized spacial score (nSPS) is 16.5. The molecule has 0 amide bonds. The molecule has 1 aromatic heterocycles. The lowest BCUT2D eigenvalue weighted by molar-refractivity contribution is -0.136. The molecule has 0 radical (unpaired) electrons. The van der Waals surface area contributed by atoms with Gasteiger partial charge in [0, 0.05) is 6.07 Å². The van der Waals surface area contributed by atoms with E-state index < -0.39 is 17.5 Å². The number of nitrogens with two attached hydrogens (primary N) is 1. The van der Waals surface area contributed by atoms with Crippen LogP contribution in [0.25, 0.3) is 0 Å². The highest BCUT2D eigenvalue weighted by molar-refractivity contribution is 5.92. The van der Waals surface area contributed by atoms with Gasteiger partial charge < -0.3 is 19.6 Å². The largest absolute Gasteiger partial charge is 0.465 e. The number of hydrogen-bond donors (Lipinski definition) is 1. The third kappa shape index (κ3) is 2.48. The van der Waals surface area contributed by atoms with Gasteiger partial charge in [-0.1, -0.05) is 30.3 Å². The Balaban J connectivity index is 2.31. The van der Waals surface area contributed by atoms with Gasteiger partial charge in [-0.2, -0.15) is 0 Å². The molecule has 2 aromatic rings. The van der Waals surface area contributed by atoms with Gasteiger partial charge >= 0.3 is 11.6 Å². The van der Waals surface area contributed by atoms with Gasteiger partial charge in [0.1, 0.15) is 17.1 Å². The molecule has 0 spiro atoms. The molecule has 1 aliphatic rings. The van der Waals surface area contributed by atoms with E-state index in [2.05, 4.69) is 0 Å². The van der Waals surface area contributed by atoms with Crippen molar-refractivity contribution in [3.8, 4) is 5.75 Å². The van der Waals surface area contributed by atoms with E-state index in [0.717, 1.165) is 5.56 Å². The topological polar surface area (TPSA) is 91.8 Å². The number of rotatable bonds is 2. The fourth-order valence-corrected chi connectivity index (χ4v) is 2.71. The fraction of sp³-hybridized carbons (Fsp3) is 0.176. The lowest BCUT2D eigenvalue weighted by Gasteiger charge is -2.27. The van der Waals surface area contributed by atoms with Crippen LogP contribution >= 0.6 is 0 Å². The summed E-state index contributed by atoms with van der Waals surface area (Å²) in [6.45, 7) is 1.64. The quantitative estimate of drug-likeness (QED) is 0.850. The predicted molar refractivity (Wildman–Crippen MR) is 81.9 cm³/mol. The van der Waals surface area contributed by atoms with E-state index >= 15 is 0 Å². The highest BCUT2D eigenvalue weighted by Crippen LogP contribution is 2.40.